The quantitative estimate of drug-likeness (QED) is 0.768. The van der Waals surface area contributed by atoms with E-state index in [0.717, 1.165) is 13.0 Å². The van der Waals surface area contributed by atoms with Gasteiger partial charge in [-0.3, -0.25) is 19.3 Å². The van der Waals surface area contributed by atoms with E-state index in [-0.39, 0.29) is 28.1 Å². The van der Waals surface area contributed by atoms with Crippen LogP contribution in [0.15, 0.2) is 29.8 Å². The normalized spacial score (nSPS) is 23.3. The summed E-state index contributed by atoms with van der Waals surface area (Å²) in [6.45, 7) is 2.81. The number of carbonyl (C=O) groups excluding carboxylic acids is 3. The highest BCUT2D eigenvalue weighted by Crippen LogP contribution is 2.42. The fourth-order valence-electron chi connectivity index (χ4n) is 2.93. The van der Waals surface area contributed by atoms with Gasteiger partial charge in [-0.25, -0.2) is 4.39 Å². The molecule has 0 saturated carbocycles. The first-order valence-electron chi connectivity index (χ1n) is 7.66. The van der Waals surface area contributed by atoms with Gasteiger partial charge in [0.25, 0.3) is 5.78 Å². The lowest BCUT2D eigenvalue weighted by Gasteiger charge is -2.26. The molecular formula is C17H15ClFNO5. The molecule has 0 N–H and O–H groups in total. The van der Waals surface area contributed by atoms with E-state index >= 15 is 0 Å². The molecule has 1 amide bonds. The first-order chi connectivity index (χ1) is 11.7. The predicted octanol–water partition coefficient (Wildman–Crippen LogP) is 2.65. The van der Waals surface area contributed by atoms with Crippen molar-refractivity contribution in [1.29, 1.82) is 0 Å². The summed E-state index contributed by atoms with van der Waals surface area (Å²) in [5.41, 5.74) is -1.83. The van der Waals surface area contributed by atoms with Crippen molar-refractivity contribution < 1.29 is 28.2 Å². The largest absolute Gasteiger partial charge is 0.456 e. The second-order valence-corrected chi connectivity index (χ2v) is 6.40. The zero-order chi connectivity index (χ0) is 18.4. The SMILES string of the molecule is CC(=O)OC1=C(N2CCCC2=O)OC(C)(c2ccc(Cl)cc2F)C1=O. The second-order valence-electron chi connectivity index (χ2n) is 5.97. The minimum atomic E-state index is -1.77. The van der Waals surface area contributed by atoms with Gasteiger partial charge in [-0.05, 0) is 25.5 Å². The fourth-order valence-corrected chi connectivity index (χ4v) is 3.09. The van der Waals surface area contributed by atoms with E-state index in [2.05, 4.69) is 0 Å². The number of ketones is 1. The molecule has 0 aliphatic carbocycles. The highest BCUT2D eigenvalue weighted by Gasteiger charge is 2.53. The Morgan fingerprint density at radius 1 is 1.40 bits per heavy atom. The minimum absolute atomic E-state index is 0.0619. The Morgan fingerprint density at radius 2 is 2.12 bits per heavy atom. The summed E-state index contributed by atoms with van der Waals surface area (Å²) in [5.74, 6) is -3.01. The smallest absolute Gasteiger partial charge is 0.308 e. The third-order valence-electron chi connectivity index (χ3n) is 4.14. The Labute approximate surface area is 148 Å². The van der Waals surface area contributed by atoms with Gasteiger partial charge in [-0.2, -0.15) is 0 Å². The van der Waals surface area contributed by atoms with E-state index in [0.29, 0.717) is 19.4 Å². The van der Waals surface area contributed by atoms with Crippen molar-refractivity contribution in [3.05, 3.63) is 46.2 Å². The number of hydrogen-bond acceptors (Lipinski definition) is 5. The highest BCUT2D eigenvalue weighted by molar-refractivity contribution is 6.30. The van der Waals surface area contributed by atoms with E-state index < -0.39 is 23.2 Å². The van der Waals surface area contributed by atoms with Gasteiger partial charge in [0, 0.05) is 30.5 Å². The summed E-state index contributed by atoms with van der Waals surface area (Å²) in [6.07, 6.45) is 0.875. The van der Waals surface area contributed by atoms with Crippen LogP contribution < -0.4 is 0 Å². The molecule has 3 rings (SSSR count). The molecule has 0 spiro atoms. The lowest BCUT2D eigenvalue weighted by molar-refractivity contribution is -0.142. The predicted molar refractivity (Wildman–Crippen MR) is 84.6 cm³/mol. The molecule has 0 radical (unpaired) electrons. The van der Waals surface area contributed by atoms with Gasteiger partial charge in [0.05, 0.1) is 0 Å². The summed E-state index contributed by atoms with van der Waals surface area (Å²) >= 11 is 5.76. The molecule has 2 aliphatic heterocycles. The van der Waals surface area contributed by atoms with Crippen LogP contribution in [0.5, 0.6) is 0 Å². The zero-order valence-corrected chi connectivity index (χ0v) is 14.4. The van der Waals surface area contributed by atoms with Crippen molar-refractivity contribution in [3.8, 4) is 0 Å². The third-order valence-corrected chi connectivity index (χ3v) is 4.38. The summed E-state index contributed by atoms with van der Waals surface area (Å²) < 4.78 is 25.1. The van der Waals surface area contributed by atoms with Gasteiger partial charge in [0.1, 0.15) is 5.82 Å². The van der Waals surface area contributed by atoms with E-state index in [1.54, 1.807) is 0 Å². The number of likely N-dealkylation sites (tertiary alicyclic amines) is 1. The molecule has 1 aromatic rings. The topological polar surface area (TPSA) is 72.9 Å². The van der Waals surface area contributed by atoms with Crippen molar-refractivity contribution in [1.82, 2.24) is 4.90 Å². The first-order valence-corrected chi connectivity index (χ1v) is 8.04. The van der Waals surface area contributed by atoms with Crippen LogP contribution in [0.25, 0.3) is 0 Å². The van der Waals surface area contributed by atoms with Crippen LogP contribution in [-0.4, -0.2) is 29.1 Å². The standard InChI is InChI=1S/C17H15ClFNO5/c1-9(21)24-14-15(23)17(2,11-6-5-10(18)8-12(11)19)25-16(14)20-7-3-4-13(20)22/h5-6,8H,3-4,7H2,1-2H3. The van der Waals surface area contributed by atoms with Crippen molar-refractivity contribution in [2.75, 3.05) is 6.54 Å². The van der Waals surface area contributed by atoms with Crippen LogP contribution in [0.3, 0.4) is 0 Å². The van der Waals surface area contributed by atoms with Gasteiger partial charge < -0.3 is 9.47 Å². The number of nitrogens with zero attached hydrogens (tertiary/aromatic N) is 1. The number of Topliss-reactive ketones (excluding diaryl/α,β-unsaturated/α-hetero) is 1. The average molecular weight is 368 g/mol. The van der Waals surface area contributed by atoms with Crippen LogP contribution >= 0.6 is 11.6 Å². The van der Waals surface area contributed by atoms with Crippen molar-refractivity contribution in [2.24, 2.45) is 0 Å². The molecule has 1 aromatic carbocycles. The molecule has 1 saturated heterocycles. The summed E-state index contributed by atoms with van der Waals surface area (Å²) in [7, 11) is 0. The lowest BCUT2D eigenvalue weighted by atomic mass is 9.91. The first kappa shape index (κ1) is 17.4. The molecule has 25 heavy (non-hydrogen) atoms. The van der Waals surface area contributed by atoms with Gasteiger partial charge in [-0.15, -0.1) is 0 Å². The number of halogens is 2. The van der Waals surface area contributed by atoms with E-state index in [9.17, 15) is 18.8 Å². The maximum absolute atomic E-state index is 14.4. The third kappa shape index (κ3) is 2.89. The van der Waals surface area contributed by atoms with Gasteiger partial charge in [-0.1, -0.05) is 17.7 Å². The Kier molecular flexibility index (Phi) is 4.28. The number of amides is 1. The molecular weight excluding hydrogens is 353 g/mol. The Morgan fingerprint density at radius 3 is 2.68 bits per heavy atom. The average Bonchev–Trinajstić information content (AvgIpc) is 3.04. The number of hydrogen-bond donors (Lipinski definition) is 0. The fraction of sp³-hybridized carbons (Fsp3) is 0.353. The summed E-state index contributed by atoms with van der Waals surface area (Å²) in [6, 6.07) is 3.81. The second kappa shape index (κ2) is 6.15. The minimum Gasteiger partial charge on any atom is -0.456 e. The molecule has 6 nitrogen and oxygen atoms in total. The monoisotopic (exact) mass is 367 g/mol. The molecule has 8 heteroatoms. The van der Waals surface area contributed by atoms with Crippen LogP contribution in [0.2, 0.25) is 5.02 Å². The molecule has 2 heterocycles. The molecule has 132 valence electrons. The molecule has 0 aromatic heterocycles. The highest BCUT2D eigenvalue weighted by atomic mass is 35.5. The Bertz CT molecular complexity index is 821. The number of carbonyl (C=O) groups is 3. The molecule has 1 unspecified atom stereocenters. The van der Waals surface area contributed by atoms with Crippen LogP contribution in [0, 0.1) is 5.82 Å². The van der Waals surface area contributed by atoms with Crippen molar-refractivity contribution in [3.63, 3.8) is 0 Å². The molecule has 2 aliphatic rings. The number of benzene rings is 1. The van der Waals surface area contributed by atoms with Crippen LogP contribution in [0.4, 0.5) is 4.39 Å². The van der Waals surface area contributed by atoms with Gasteiger partial charge in [0.2, 0.25) is 23.2 Å². The van der Waals surface area contributed by atoms with Crippen molar-refractivity contribution in [2.45, 2.75) is 32.3 Å². The van der Waals surface area contributed by atoms with Crippen LogP contribution in [0.1, 0.15) is 32.3 Å². The Hall–Kier alpha value is -2.41. The maximum atomic E-state index is 14.4. The van der Waals surface area contributed by atoms with Crippen LogP contribution in [-0.2, 0) is 29.5 Å². The molecule has 0 bridgehead atoms. The van der Waals surface area contributed by atoms with E-state index in [4.69, 9.17) is 21.1 Å². The van der Waals surface area contributed by atoms with E-state index in [1.807, 2.05) is 0 Å². The molecule has 1 fully saturated rings. The zero-order valence-electron chi connectivity index (χ0n) is 13.6. The number of ether oxygens (including phenoxy) is 2. The lowest BCUT2D eigenvalue weighted by Crippen LogP contribution is -2.33. The summed E-state index contributed by atoms with van der Waals surface area (Å²) in [4.78, 5) is 37.5. The summed E-state index contributed by atoms with van der Waals surface area (Å²) in [5, 5.41) is 0.165. The van der Waals surface area contributed by atoms with Gasteiger partial charge >= 0.3 is 5.97 Å². The number of esters is 1. The maximum Gasteiger partial charge on any atom is 0.308 e. The van der Waals surface area contributed by atoms with E-state index in [1.165, 1.54) is 24.0 Å². The van der Waals surface area contributed by atoms with Gasteiger partial charge in [0.15, 0.2) is 0 Å². The Balaban J connectivity index is 2.07. The number of rotatable bonds is 3. The molecule has 1 atom stereocenters. The van der Waals surface area contributed by atoms with Crippen molar-refractivity contribution >= 4 is 29.3 Å².